The molecule has 1 aliphatic carbocycles. The molecule has 8 rings (SSSR count). The van der Waals surface area contributed by atoms with Crippen molar-refractivity contribution in [1.29, 1.82) is 0 Å². The van der Waals surface area contributed by atoms with E-state index >= 15 is 0 Å². The monoisotopic (exact) mass is 725 g/mol. The van der Waals surface area contributed by atoms with E-state index in [4.69, 9.17) is 4.74 Å². The van der Waals surface area contributed by atoms with Gasteiger partial charge in [-0.25, -0.2) is 14.4 Å². The summed E-state index contributed by atoms with van der Waals surface area (Å²) in [6.07, 6.45) is 8.51. The number of hydrogen-bond donors (Lipinski definition) is 2. The summed E-state index contributed by atoms with van der Waals surface area (Å²) < 4.78 is 36.0. The predicted octanol–water partition coefficient (Wildman–Crippen LogP) is 5.30. The van der Waals surface area contributed by atoms with Crippen LogP contribution in [0.15, 0.2) is 60.9 Å². The summed E-state index contributed by atoms with van der Waals surface area (Å²) in [7, 11) is 1.74. The highest BCUT2D eigenvalue weighted by atomic mass is 32.2. The minimum atomic E-state index is -0.744. The number of fused-ring (bicyclic) bond motifs is 1. The Labute approximate surface area is 302 Å². The lowest BCUT2D eigenvalue weighted by Gasteiger charge is -2.29. The Kier molecular flexibility index (Phi) is 8.99. The summed E-state index contributed by atoms with van der Waals surface area (Å²) in [6, 6.07) is 13.7. The van der Waals surface area contributed by atoms with Crippen LogP contribution in [0.25, 0.3) is 39.3 Å². The van der Waals surface area contributed by atoms with Crippen molar-refractivity contribution in [1.82, 2.24) is 39.7 Å². The second-order valence-electron chi connectivity index (χ2n) is 13.5. The first-order valence-electron chi connectivity index (χ1n) is 17.2. The number of carbonyl (C=O) groups excluding carboxylic acids is 2. The molecule has 3 aromatic heterocycles. The number of pyridine rings is 1. The number of H-pyrrole nitrogens is 1. The number of amides is 2. The van der Waals surface area contributed by atoms with Crippen LogP contribution < -0.4 is 10.1 Å². The smallest absolute Gasteiger partial charge is 0.255 e. The van der Waals surface area contributed by atoms with Crippen LogP contribution in [0.2, 0.25) is 0 Å². The number of rotatable bonds is 10. The van der Waals surface area contributed by atoms with Crippen molar-refractivity contribution in [3.8, 4) is 28.5 Å². The molecule has 52 heavy (non-hydrogen) atoms. The lowest BCUT2D eigenvalue weighted by Crippen LogP contribution is -2.45. The van der Waals surface area contributed by atoms with Crippen molar-refractivity contribution in [2.24, 2.45) is 7.05 Å². The van der Waals surface area contributed by atoms with Gasteiger partial charge in [0, 0.05) is 44.3 Å². The molecule has 15 heteroatoms. The maximum absolute atomic E-state index is 14.9. The van der Waals surface area contributed by atoms with Crippen molar-refractivity contribution >= 4 is 45.7 Å². The largest absolute Gasteiger partial charge is 0.486 e. The van der Waals surface area contributed by atoms with Crippen molar-refractivity contribution < 1.29 is 23.1 Å². The summed E-state index contributed by atoms with van der Waals surface area (Å²) in [5.74, 6) is -0.761. The number of thioether (sulfide) groups is 1. The molecule has 1 saturated carbocycles. The number of nitrogens with zero attached hydrogens (tertiary/aromatic N) is 7. The van der Waals surface area contributed by atoms with Crippen LogP contribution in [-0.4, -0.2) is 101 Å². The zero-order chi connectivity index (χ0) is 36.0. The third-order valence-corrected chi connectivity index (χ3v) is 11.2. The van der Waals surface area contributed by atoms with E-state index in [1.54, 1.807) is 36.2 Å². The Balaban J connectivity index is 0.887. The Morgan fingerprint density at radius 3 is 2.69 bits per heavy atom. The van der Waals surface area contributed by atoms with E-state index in [-0.39, 0.29) is 36.0 Å². The maximum Gasteiger partial charge on any atom is 0.255 e. The van der Waals surface area contributed by atoms with E-state index in [1.165, 1.54) is 28.8 Å². The van der Waals surface area contributed by atoms with Crippen molar-refractivity contribution in [3.05, 3.63) is 78.3 Å². The van der Waals surface area contributed by atoms with Crippen molar-refractivity contribution in [2.75, 3.05) is 44.3 Å². The molecule has 5 heterocycles. The van der Waals surface area contributed by atoms with Crippen molar-refractivity contribution in [3.63, 3.8) is 0 Å². The summed E-state index contributed by atoms with van der Waals surface area (Å²) in [5.41, 5.74) is 4.24. The Morgan fingerprint density at radius 2 is 1.98 bits per heavy atom. The molecule has 12 nitrogen and oxygen atoms in total. The number of hydrogen-bond acceptors (Lipinski definition) is 9. The first-order valence-corrected chi connectivity index (χ1v) is 18.4. The molecular formula is C37H37F2N9O3S. The fourth-order valence-corrected chi connectivity index (χ4v) is 7.63. The topological polar surface area (TPSA) is 134 Å². The van der Waals surface area contributed by atoms with Crippen LogP contribution in [0.1, 0.15) is 31.2 Å². The lowest BCUT2D eigenvalue weighted by atomic mass is 9.98. The third kappa shape index (κ3) is 6.77. The molecule has 0 unspecified atom stereocenters. The number of aromatic amines is 1. The lowest BCUT2D eigenvalue weighted by molar-refractivity contribution is -0.132. The summed E-state index contributed by atoms with van der Waals surface area (Å²) in [6.45, 7) is 2.19. The molecule has 0 bridgehead atoms. The average Bonchev–Trinajstić information content (AvgIpc) is 3.48. The number of nitrogens with one attached hydrogen (secondary N) is 2. The fraction of sp³-hybridized carbons (Fsp3) is 0.351. The van der Waals surface area contributed by atoms with Gasteiger partial charge >= 0.3 is 0 Å². The van der Waals surface area contributed by atoms with Gasteiger partial charge in [0.1, 0.15) is 22.6 Å². The number of aryl methyl sites for hydroxylation is 1. The van der Waals surface area contributed by atoms with Crippen LogP contribution in [-0.2, 0) is 16.6 Å². The summed E-state index contributed by atoms with van der Waals surface area (Å²) in [4.78, 5) is 39.3. The number of aromatic nitrogens is 6. The molecule has 1 saturated heterocycles. The molecule has 2 fully saturated rings. The highest BCUT2D eigenvalue weighted by Crippen LogP contribution is 2.37. The number of ether oxygens (including phenoxy) is 1. The standard InChI is InChI=1S/C37H37F2N9O3S/c1-46-21-40-35(45-46)26-7-3-23(17-28(26)38)22-11-14-48(15-12-22)32(49)19-47-16-13-37(20-47,52-2)36(50)41-24-4-8-29-27(18-24)33(44-43-29)30-9-10-31(34(39)42-30)51-25-5-6-25/h3-4,7-11,17-18,21,25H,5-6,12-16,19-20H2,1-2H3,(H,41,50)(H,43,44)/t37-/m0/s1. The number of likely N-dealkylation sites (tertiary alicyclic amines) is 1. The molecule has 268 valence electrons. The predicted molar refractivity (Wildman–Crippen MR) is 194 cm³/mol. The van der Waals surface area contributed by atoms with E-state index in [0.29, 0.717) is 72.9 Å². The van der Waals surface area contributed by atoms with E-state index in [9.17, 15) is 18.4 Å². The van der Waals surface area contributed by atoms with Crippen LogP contribution in [0, 0.1) is 11.8 Å². The number of halogens is 2. The van der Waals surface area contributed by atoms with E-state index in [0.717, 1.165) is 29.5 Å². The maximum atomic E-state index is 14.9. The zero-order valence-electron chi connectivity index (χ0n) is 28.7. The quantitative estimate of drug-likeness (QED) is 0.184. The highest BCUT2D eigenvalue weighted by Gasteiger charge is 2.45. The van der Waals surface area contributed by atoms with Gasteiger partial charge in [-0.2, -0.15) is 14.6 Å². The number of carbonyl (C=O) groups is 2. The molecule has 2 aliphatic heterocycles. The van der Waals surface area contributed by atoms with Gasteiger partial charge in [0.25, 0.3) is 5.95 Å². The van der Waals surface area contributed by atoms with Gasteiger partial charge in [-0.15, -0.1) is 11.8 Å². The summed E-state index contributed by atoms with van der Waals surface area (Å²) in [5, 5.41) is 15.3. The molecule has 3 aliphatic rings. The van der Waals surface area contributed by atoms with Gasteiger partial charge in [0.2, 0.25) is 11.8 Å². The summed E-state index contributed by atoms with van der Waals surface area (Å²) >= 11 is 1.48. The van der Waals surface area contributed by atoms with E-state index in [2.05, 4.69) is 30.6 Å². The third-order valence-electron chi connectivity index (χ3n) is 9.91. The Bertz CT molecular complexity index is 2220. The Hall–Kier alpha value is -5.15. The zero-order valence-corrected chi connectivity index (χ0v) is 29.6. The number of anilines is 1. The number of benzene rings is 2. The van der Waals surface area contributed by atoms with Crippen LogP contribution in [0.4, 0.5) is 14.5 Å². The van der Waals surface area contributed by atoms with E-state index < -0.39 is 10.7 Å². The molecular weight excluding hydrogens is 689 g/mol. The minimum Gasteiger partial charge on any atom is -0.486 e. The molecule has 1 atom stereocenters. The molecule has 0 radical (unpaired) electrons. The molecule has 0 spiro atoms. The van der Waals surface area contributed by atoms with E-state index in [1.807, 2.05) is 35.4 Å². The second-order valence-corrected chi connectivity index (χ2v) is 14.7. The Morgan fingerprint density at radius 1 is 1.12 bits per heavy atom. The highest BCUT2D eigenvalue weighted by molar-refractivity contribution is 8.00. The van der Waals surface area contributed by atoms with Gasteiger partial charge in [-0.05, 0) is 85.5 Å². The van der Waals surface area contributed by atoms with Crippen LogP contribution in [0.5, 0.6) is 5.75 Å². The second kappa shape index (κ2) is 13.8. The minimum absolute atomic E-state index is 0.00881. The molecule has 5 aromatic rings. The van der Waals surface area contributed by atoms with Gasteiger partial charge in [-0.1, -0.05) is 12.1 Å². The van der Waals surface area contributed by atoms with Gasteiger partial charge in [-0.3, -0.25) is 24.3 Å². The van der Waals surface area contributed by atoms with Gasteiger partial charge < -0.3 is 15.0 Å². The SMILES string of the molecule is CS[C@@]1(C(=O)Nc2ccc3[nH]nc(-c4ccc(OC5CC5)c(F)n4)c3c2)CCN(CC(=O)N2CC=C(c3ccc(-c4ncn(C)n4)c(F)c3)CC2)C1. The first-order chi connectivity index (χ1) is 25.2. The normalized spacial score (nSPS) is 19.2. The van der Waals surface area contributed by atoms with Crippen LogP contribution >= 0.6 is 11.8 Å². The van der Waals surface area contributed by atoms with Crippen LogP contribution in [0.3, 0.4) is 0 Å². The van der Waals surface area contributed by atoms with Crippen molar-refractivity contribution in [2.45, 2.75) is 36.5 Å². The average molecular weight is 726 g/mol. The molecule has 2 N–H and O–H groups in total. The van der Waals surface area contributed by atoms with Gasteiger partial charge in [0.05, 0.1) is 29.4 Å². The fourth-order valence-electron chi connectivity index (χ4n) is 6.78. The molecule has 2 amide bonds. The molecule has 2 aromatic carbocycles. The van der Waals surface area contributed by atoms with Gasteiger partial charge in [0.15, 0.2) is 11.6 Å². The first kappa shape index (κ1) is 34.0.